The minimum atomic E-state index is -0.197. The van der Waals surface area contributed by atoms with Crippen LogP contribution in [0.2, 0.25) is 0 Å². The average molecular weight is 328 g/mol. The normalized spacial score (nSPS) is 20.5. The fourth-order valence-electron chi connectivity index (χ4n) is 3.10. The Morgan fingerprint density at radius 1 is 1.33 bits per heavy atom. The average Bonchev–Trinajstić information content (AvgIpc) is 3.10. The molecule has 1 unspecified atom stereocenters. The van der Waals surface area contributed by atoms with Gasteiger partial charge in [0, 0.05) is 37.0 Å². The van der Waals surface area contributed by atoms with Gasteiger partial charge < -0.3 is 4.90 Å². The zero-order valence-corrected chi connectivity index (χ0v) is 13.6. The van der Waals surface area contributed by atoms with Crippen LogP contribution in [-0.4, -0.2) is 48.4 Å². The Kier molecular flexibility index (Phi) is 3.66. The van der Waals surface area contributed by atoms with E-state index >= 15 is 0 Å². The van der Waals surface area contributed by atoms with Gasteiger partial charge in [0.1, 0.15) is 6.54 Å². The molecule has 0 radical (unpaired) electrons. The van der Waals surface area contributed by atoms with E-state index in [1.54, 1.807) is 11.8 Å². The molecule has 1 aliphatic heterocycles. The van der Waals surface area contributed by atoms with E-state index in [1.165, 1.54) is 29.8 Å². The number of rotatable bonds is 4. The lowest BCUT2D eigenvalue weighted by molar-refractivity contribution is -0.130. The largest absolute Gasteiger partial charge is 0.339 e. The van der Waals surface area contributed by atoms with Crippen molar-refractivity contribution in [2.45, 2.75) is 44.7 Å². The van der Waals surface area contributed by atoms with E-state index in [1.807, 2.05) is 10.9 Å². The first-order valence-electron chi connectivity index (χ1n) is 8.33. The maximum Gasteiger partial charge on any atom is 0.253 e. The topological polar surface area (TPSA) is 85.9 Å². The molecular weight excluding hydrogens is 308 g/mol. The molecule has 0 aromatic carbocycles. The van der Waals surface area contributed by atoms with Crippen molar-refractivity contribution in [2.24, 2.45) is 0 Å². The lowest BCUT2D eigenvalue weighted by Gasteiger charge is -2.17. The third kappa shape index (κ3) is 2.95. The summed E-state index contributed by atoms with van der Waals surface area (Å²) in [5.74, 6) is 0.520. The molecule has 1 amide bonds. The van der Waals surface area contributed by atoms with Crippen LogP contribution in [-0.2, 0) is 11.3 Å². The van der Waals surface area contributed by atoms with Crippen molar-refractivity contribution >= 4 is 5.91 Å². The van der Waals surface area contributed by atoms with Crippen molar-refractivity contribution < 1.29 is 4.79 Å². The summed E-state index contributed by atoms with van der Waals surface area (Å²) in [5.41, 5.74) is 1.52. The summed E-state index contributed by atoms with van der Waals surface area (Å²) < 4.78 is 3.24. The standard InChI is InChI=1S/C16H20N6O2/c1-11-6-15(23)21(10-17-11)9-16(24)20-5-4-13(7-20)22-8-14(18-19-22)12-2-3-12/h6,8,10,12-13H,2-5,7,9H2,1H3. The molecule has 1 saturated carbocycles. The van der Waals surface area contributed by atoms with Crippen molar-refractivity contribution in [3.05, 3.63) is 40.3 Å². The van der Waals surface area contributed by atoms with Crippen LogP contribution in [0.5, 0.6) is 0 Å². The van der Waals surface area contributed by atoms with Gasteiger partial charge in [0.15, 0.2) is 0 Å². The van der Waals surface area contributed by atoms with Crippen LogP contribution < -0.4 is 5.56 Å². The quantitative estimate of drug-likeness (QED) is 0.815. The summed E-state index contributed by atoms with van der Waals surface area (Å²) in [5, 5.41) is 8.46. The van der Waals surface area contributed by atoms with Gasteiger partial charge in [-0.1, -0.05) is 5.21 Å². The highest BCUT2D eigenvalue weighted by molar-refractivity contribution is 5.76. The van der Waals surface area contributed by atoms with E-state index in [2.05, 4.69) is 15.3 Å². The fraction of sp³-hybridized carbons (Fsp3) is 0.562. The number of aromatic nitrogens is 5. The molecule has 3 heterocycles. The number of nitrogens with zero attached hydrogens (tertiary/aromatic N) is 6. The highest BCUT2D eigenvalue weighted by Crippen LogP contribution is 2.39. The third-order valence-corrected chi connectivity index (χ3v) is 4.74. The van der Waals surface area contributed by atoms with E-state index < -0.39 is 0 Å². The highest BCUT2D eigenvalue weighted by atomic mass is 16.2. The van der Waals surface area contributed by atoms with E-state index in [-0.39, 0.29) is 24.1 Å². The second-order valence-corrected chi connectivity index (χ2v) is 6.68. The molecule has 1 atom stereocenters. The van der Waals surface area contributed by atoms with Crippen LogP contribution >= 0.6 is 0 Å². The first-order valence-corrected chi connectivity index (χ1v) is 8.33. The zero-order valence-electron chi connectivity index (χ0n) is 13.6. The Balaban J connectivity index is 1.40. The summed E-state index contributed by atoms with van der Waals surface area (Å²) in [7, 11) is 0. The maximum absolute atomic E-state index is 12.4. The second-order valence-electron chi connectivity index (χ2n) is 6.68. The number of likely N-dealkylation sites (tertiary alicyclic amines) is 1. The summed E-state index contributed by atoms with van der Waals surface area (Å²) in [6.45, 7) is 3.08. The van der Waals surface area contributed by atoms with Crippen LogP contribution in [0, 0.1) is 6.92 Å². The number of hydrogen-bond donors (Lipinski definition) is 0. The zero-order chi connectivity index (χ0) is 16.7. The Morgan fingerprint density at radius 3 is 2.92 bits per heavy atom. The minimum absolute atomic E-state index is 0.0313. The predicted octanol–water partition coefficient (Wildman–Crippen LogP) is 0.494. The van der Waals surface area contributed by atoms with Gasteiger partial charge in [0.05, 0.1) is 18.1 Å². The molecule has 0 spiro atoms. The number of carbonyl (C=O) groups excluding carboxylic acids is 1. The lowest BCUT2D eigenvalue weighted by Crippen LogP contribution is -2.35. The first-order chi connectivity index (χ1) is 11.6. The van der Waals surface area contributed by atoms with Crippen molar-refractivity contribution in [1.29, 1.82) is 0 Å². The predicted molar refractivity (Wildman–Crippen MR) is 85.5 cm³/mol. The molecule has 24 heavy (non-hydrogen) atoms. The molecule has 2 aliphatic rings. The van der Waals surface area contributed by atoms with Crippen LogP contribution in [0.3, 0.4) is 0 Å². The van der Waals surface area contributed by atoms with Gasteiger partial charge in [-0.05, 0) is 26.2 Å². The van der Waals surface area contributed by atoms with Crippen LogP contribution in [0.1, 0.15) is 42.6 Å². The monoisotopic (exact) mass is 328 g/mol. The van der Waals surface area contributed by atoms with Gasteiger partial charge >= 0.3 is 0 Å². The van der Waals surface area contributed by atoms with E-state index in [0.717, 1.165) is 12.1 Å². The van der Waals surface area contributed by atoms with Gasteiger partial charge in [-0.15, -0.1) is 5.10 Å². The minimum Gasteiger partial charge on any atom is -0.339 e. The number of amides is 1. The van der Waals surface area contributed by atoms with Gasteiger partial charge in [0.2, 0.25) is 5.91 Å². The van der Waals surface area contributed by atoms with Crippen molar-refractivity contribution in [2.75, 3.05) is 13.1 Å². The lowest BCUT2D eigenvalue weighted by atomic mass is 10.2. The summed E-state index contributed by atoms with van der Waals surface area (Å²) in [6.07, 6.45) is 6.72. The summed E-state index contributed by atoms with van der Waals surface area (Å²) >= 11 is 0. The second kappa shape index (κ2) is 5.85. The molecule has 1 saturated heterocycles. The molecule has 1 aliphatic carbocycles. The Labute approximate surface area is 139 Å². The summed E-state index contributed by atoms with van der Waals surface area (Å²) in [4.78, 5) is 30.2. The van der Waals surface area contributed by atoms with Gasteiger partial charge in [-0.25, -0.2) is 9.67 Å². The molecule has 126 valence electrons. The molecule has 4 rings (SSSR count). The first kappa shape index (κ1) is 15.0. The molecule has 0 N–H and O–H groups in total. The molecular formula is C16H20N6O2. The number of aryl methyl sites for hydroxylation is 1. The van der Waals surface area contributed by atoms with Crippen molar-refractivity contribution in [3.8, 4) is 0 Å². The maximum atomic E-state index is 12.4. The van der Waals surface area contributed by atoms with Crippen molar-refractivity contribution in [1.82, 2.24) is 29.4 Å². The Morgan fingerprint density at radius 2 is 2.17 bits per heavy atom. The molecule has 2 aromatic heterocycles. The van der Waals surface area contributed by atoms with Crippen molar-refractivity contribution in [3.63, 3.8) is 0 Å². The highest BCUT2D eigenvalue weighted by Gasteiger charge is 2.31. The Bertz CT molecular complexity index is 822. The van der Waals surface area contributed by atoms with Gasteiger partial charge in [0.25, 0.3) is 5.56 Å². The van der Waals surface area contributed by atoms with E-state index in [0.29, 0.717) is 24.7 Å². The SMILES string of the molecule is Cc1cc(=O)n(CC(=O)N2CCC(n3cc(C4CC4)nn3)C2)cn1. The molecule has 2 aromatic rings. The van der Waals surface area contributed by atoms with E-state index in [4.69, 9.17) is 0 Å². The van der Waals surface area contributed by atoms with Crippen LogP contribution in [0.15, 0.2) is 23.4 Å². The Hall–Kier alpha value is -2.51. The molecule has 0 bridgehead atoms. The van der Waals surface area contributed by atoms with Crippen LogP contribution in [0.4, 0.5) is 0 Å². The van der Waals surface area contributed by atoms with Gasteiger partial charge in [-0.3, -0.25) is 14.2 Å². The molecule has 8 heteroatoms. The smallest absolute Gasteiger partial charge is 0.253 e. The van der Waals surface area contributed by atoms with Crippen LogP contribution in [0.25, 0.3) is 0 Å². The third-order valence-electron chi connectivity index (χ3n) is 4.74. The number of carbonyl (C=O) groups is 1. The fourth-order valence-corrected chi connectivity index (χ4v) is 3.10. The molecule has 2 fully saturated rings. The number of hydrogen-bond acceptors (Lipinski definition) is 5. The van der Waals surface area contributed by atoms with E-state index in [9.17, 15) is 9.59 Å². The molecule has 8 nitrogen and oxygen atoms in total. The van der Waals surface area contributed by atoms with Gasteiger partial charge in [-0.2, -0.15) is 0 Å². The summed E-state index contributed by atoms with van der Waals surface area (Å²) in [6, 6.07) is 1.61.